The molecule has 7 heteroatoms. The average molecular weight is 328 g/mol. The number of carbonyl (C=O) groups excluding carboxylic acids is 1. The van der Waals surface area contributed by atoms with Crippen LogP contribution in [0.1, 0.15) is 70.8 Å². The molecule has 1 aliphatic heterocycles. The molecule has 7 nitrogen and oxygen atoms in total. The minimum atomic E-state index is -0.346. The van der Waals surface area contributed by atoms with Crippen molar-refractivity contribution >= 4 is 5.91 Å². The van der Waals surface area contributed by atoms with E-state index in [1.165, 1.54) is 6.20 Å². The third-order valence-corrected chi connectivity index (χ3v) is 4.95. The van der Waals surface area contributed by atoms with Crippen molar-refractivity contribution in [1.29, 1.82) is 0 Å². The number of nitrogens with one attached hydrogen (secondary N) is 1. The second-order valence-electron chi connectivity index (χ2n) is 6.68. The molecule has 1 saturated heterocycles. The van der Waals surface area contributed by atoms with Crippen molar-refractivity contribution in [3.05, 3.63) is 45.0 Å². The molecule has 0 radical (unpaired) electrons. The second-order valence-corrected chi connectivity index (χ2v) is 6.68. The highest BCUT2D eigenvalue weighted by Gasteiger charge is 2.35. The number of aryl methyl sites for hydroxylation is 2. The first kappa shape index (κ1) is 15.1. The molecule has 3 heterocycles. The summed E-state index contributed by atoms with van der Waals surface area (Å²) < 4.78 is 5.25. The summed E-state index contributed by atoms with van der Waals surface area (Å²) in [6.07, 6.45) is 5.27. The first-order chi connectivity index (χ1) is 11.6. The van der Waals surface area contributed by atoms with Gasteiger partial charge in [0.15, 0.2) is 0 Å². The second kappa shape index (κ2) is 5.58. The monoisotopic (exact) mass is 328 g/mol. The zero-order chi connectivity index (χ0) is 16.8. The van der Waals surface area contributed by atoms with E-state index in [0.717, 1.165) is 42.7 Å². The molecule has 1 saturated carbocycles. The molecule has 126 valence electrons. The minimum absolute atomic E-state index is 0.0914. The minimum Gasteiger partial charge on any atom is -0.361 e. The standard InChI is InChI=1S/C17H20N4O3/c1-9-14(10(2)24-20-9)13-4-3-7-21(13)17(23)12-8-18-15(11-5-6-11)19-16(12)22/h8,11,13H,3-7H2,1-2H3,(H,18,19,22). The van der Waals surface area contributed by atoms with E-state index in [4.69, 9.17) is 4.52 Å². The fourth-order valence-electron chi connectivity index (χ4n) is 3.56. The molecule has 4 rings (SSSR count). The van der Waals surface area contributed by atoms with Crippen molar-refractivity contribution in [3.8, 4) is 0 Å². The fourth-order valence-corrected chi connectivity index (χ4v) is 3.56. The lowest BCUT2D eigenvalue weighted by molar-refractivity contribution is 0.0732. The Morgan fingerprint density at radius 2 is 2.12 bits per heavy atom. The normalized spacial score (nSPS) is 20.6. The molecule has 0 spiro atoms. The van der Waals surface area contributed by atoms with Gasteiger partial charge in [0.2, 0.25) is 0 Å². The molecular formula is C17H20N4O3. The summed E-state index contributed by atoms with van der Waals surface area (Å²) in [7, 11) is 0. The van der Waals surface area contributed by atoms with E-state index in [2.05, 4.69) is 15.1 Å². The molecule has 2 fully saturated rings. The van der Waals surface area contributed by atoms with Crippen LogP contribution in [0.25, 0.3) is 0 Å². The van der Waals surface area contributed by atoms with Crippen LogP contribution < -0.4 is 5.56 Å². The molecule has 0 bridgehead atoms. The van der Waals surface area contributed by atoms with Gasteiger partial charge >= 0.3 is 0 Å². The van der Waals surface area contributed by atoms with Crippen LogP contribution in [-0.4, -0.2) is 32.5 Å². The largest absolute Gasteiger partial charge is 0.361 e. The van der Waals surface area contributed by atoms with Gasteiger partial charge in [0.05, 0.1) is 11.7 Å². The van der Waals surface area contributed by atoms with Crippen LogP contribution in [0.2, 0.25) is 0 Å². The summed E-state index contributed by atoms with van der Waals surface area (Å²) in [5.74, 6) is 1.51. The van der Waals surface area contributed by atoms with E-state index in [1.807, 2.05) is 13.8 Å². The number of amides is 1. The van der Waals surface area contributed by atoms with E-state index in [-0.39, 0.29) is 23.1 Å². The molecule has 1 aliphatic carbocycles. The van der Waals surface area contributed by atoms with Crippen LogP contribution in [0.3, 0.4) is 0 Å². The molecule has 1 N–H and O–H groups in total. The number of carbonyl (C=O) groups is 1. The Morgan fingerprint density at radius 3 is 2.75 bits per heavy atom. The number of rotatable bonds is 3. The summed E-state index contributed by atoms with van der Waals surface area (Å²) in [4.78, 5) is 34.0. The van der Waals surface area contributed by atoms with Crippen molar-refractivity contribution in [1.82, 2.24) is 20.0 Å². The molecule has 2 aliphatic rings. The van der Waals surface area contributed by atoms with Gasteiger partial charge < -0.3 is 14.4 Å². The topological polar surface area (TPSA) is 92.1 Å². The van der Waals surface area contributed by atoms with Crippen LogP contribution in [-0.2, 0) is 0 Å². The fraction of sp³-hybridized carbons (Fsp3) is 0.529. The van der Waals surface area contributed by atoms with E-state index in [1.54, 1.807) is 4.90 Å². The Morgan fingerprint density at radius 1 is 1.33 bits per heavy atom. The van der Waals surface area contributed by atoms with E-state index < -0.39 is 0 Å². The first-order valence-electron chi connectivity index (χ1n) is 8.39. The molecule has 2 aromatic rings. The van der Waals surface area contributed by atoms with Gasteiger partial charge in [-0.05, 0) is 39.5 Å². The highest BCUT2D eigenvalue weighted by molar-refractivity contribution is 5.94. The lowest BCUT2D eigenvalue weighted by atomic mass is 10.0. The van der Waals surface area contributed by atoms with Crippen LogP contribution in [0.5, 0.6) is 0 Å². The molecule has 1 amide bonds. The lowest BCUT2D eigenvalue weighted by Crippen LogP contribution is -2.35. The number of hydrogen-bond acceptors (Lipinski definition) is 5. The van der Waals surface area contributed by atoms with Gasteiger partial charge in [-0.25, -0.2) is 4.98 Å². The van der Waals surface area contributed by atoms with Gasteiger partial charge in [0, 0.05) is 24.2 Å². The van der Waals surface area contributed by atoms with Crippen molar-refractivity contribution in [2.24, 2.45) is 0 Å². The van der Waals surface area contributed by atoms with E-state index in [0.29, 0.717) is 18.3 Å². The maximum Gasteiger partial charge on any atom is 0.263 e. The maximum absolute atomic E-state index is 12.9. The van der Waals surface area contributed by atoms with Gasteiger partial charge in [-0.3, -0.25) is 9.59 Å². The molecule has 2 aromatic heterocycles. The van der Waals surface area contributed by atoms with Crippen LogP contribution in [0, 0.1) is 13.8 Å². The van der Waals surface area contributed by atoms with Crippen LogP contribution in [0.15, 0.2) is 15.5 Å². The van der Waals surface area contributed by atoms with Crippen molar-refractivity contribution in [2.75, 3.05) is 6.54 Å². The lowest BCUT2D eigenvalue weighted by Gasteiger charge is -2.24. The number of aromatic amines is 1. The number of nitrogens with zero attached hydrogens (tertiary/aromatic N) is 3. The molecule has 0 aromatic carbocycles. The maximum atomic E-state index is 12.9. The summed E-state index contributed by atoms with van der Waals surface area (Å²) in [5.41, 5.74) is 1.52. The predicted octanol–water partition coefficient (Wildman–Crippen LogP) is 2.23. The Bertz CT molecular complexity index is 830. The van der Waals surface area contributed by atoms with Gasteiger partial charge in [-0.15, -0.1) is 0 Å². The summed E-state index contributed by atoms with van der Waals surface area (Å²) in [6, 6.07) is -0.0914. The van der Waals surface area contributed by atoms with Crippen LogP contribution in [0.4, 0.5) is 0 Å². The van der Waals surface area contributed by atoms with E-state index in [9.17, 15) is 9.59 Å². The Kier molecular flexibility index (Phi) is 3.51. The average Bonchev–Trinajstić information content (AvgIpc) is 3.22. The smallest absolute Gasteiger partial charge is 0.263 e. The highest BCUT2D eigenvalue weighted by Crippen LogP contribution is 2.38. The van der Waals surface area contributed by atoms with Gasteiger partial charge in [-0.1, -0.05) is 5.16 Å². The predicted molar refractivity (Wildman–Crippen MR) is 85.8 cm³/mol. The number of hydrogen-bond donors (Lipinski definition) is 1. The molecule has 1 unspecified atom stereocenters. The number of H-pyrrole nitrogens is 1. The number of likely N-dealkylation sites (tertiary alicyclic amines) is 1. The number of aromatic nitrogens is 3. The Balaban J connectivity index is 1.65. The summed E-state index contributed by atoms with van der Waals surface area (Å²) in [5, 5.41) is 3.99. The zero-order valence-electron chi connectivity index (χ0n) is 13.8. The Labute approximate surface area is 139 Å². The van der Waals surface area contributed by atoms with Crippen molar-refractivity contribution in [2.45, 2.75) is 51.5 Å². The van der Waals surface area contributed by atoms with Gasteiger partial charge in [-0.2, -0.15) is 0 Å². The molecular weight excluding hydrogens is 308 g/mol. The highest BCUT2D eigenvalue weighted by atomic mass is 16.5. The SMILES string of the molecule is Cc1noc(C)c1C1CCCN1C(=O)c1cnc(C2CC2)[nH]c1=O. The molecule has 24 heavy (non-hydrogen) atoms. The first-order valence-corrected chi connectivity index (χ1v) is 8.39. The quantitative estimate of drug-likeness (QED) is 0.933. The summed E-state index contributed by atoms with van der Waals surface area (Å²) in [6.45, 7) is 4.36. The summed E-state index contributed by atoms with van der Waals surface area (Å²) >= 11 is 0. The van der Waals surface area contributed by atoms with Crippen molar-refractivity contribution in [3.63, 3.8) is 0 Å². The van der Waals surface area contributed by atoms with Crippen LogP contribution >= 0.6 is 0 Å². The van der Waals surface area contributed by atoms with Gasteiger partial charge in [0.25, 0.3) is 11.5 Å². The van der Waals surface area contributed by atoms with Gasteiger partial charge in [0.1, 0.15) is 17.1 Å². The zero-order valence-corrected chi connectivity index (χ0v) is 13.8. The Hall–Kier alpha value is -2.44. The molecule has 1 atom stereocenters. The van der Waals surface area contributed by atoms with Crippen molar-refractivity contribution < 1.29 is 9.32 Å². The van der Waals surface area contributed by atoms with E-state index >= 15 is 0 Å². The third kappa shape index (κ3) is 2.44. The third-order valence-electron chi connectivity index (χ3n) is 4.95.